The van der Waals surface area contributed by atoms with E-state index in [1.165, 1.54) is 22.3 Å². The third kappa shape index (κ3) is 5.51. The SMILES string of the molecule is COc1ccc(C(C)(C)C)cc1CCCc1cc(C(C)(C)C)ccc1OC. The van der Waals surface area contributed by atoms with Crippen molar-refractivity contribution in [3.63, 3.8) is 0 Å². The number of rotatable bonds is 6. The van der Waals surface area contributed by atoms with Crippen LogP contribution in [-0.4, -0.2) is 14.2 Å². The lowest BCUT2D eigenvalue weighted by molar-refractivity contribution is 0.406. The van der Waals surface area contributed by atoms with Gasteiger partial charge in [0.15, 0.2) is 0 Å². The van der Waals surface area contributed by atoms with Crippen molar-refractivity contribution in [2.75, 3.05) is 14.2 Å². The molecule has 2 aromatic carbocycles. The molecule has 0 aromatic heterocycles. The number of hydrogen-bond donors (Lipinski definition) is 0. The topological polar surface area (TPSA) is 18.5 Å². The fraction of sp³-hybridized carbons (Fsp3) is 0.520. The van der Waals surface area contributed by atoms with Crippen molar-refractivity contribution in [1.82, 2.24) is 0 Å². The fourth-order valence-corrected chi connectivity index (χ4v) is 3.35. The second-order valence-corrected chi connectivity index (χ2v) is 9.41. The maximum Gasteiger partial charge on any atom is 0.122 e. The van der Waals surface area contributed by atoms with Crippen LogP contribution in [0.15, 0.2) is 36.4 Å². The zero-order valence-corrected chi connectivity index (χ0v) is 18.4. The zero-order valence-electron chi connectivity index (χ0n) is 18.4. The van der Waals surface area contributed by atoms with Crippen LogP contribution in [0.4, 0.5) is 0 Å². The summed E-state index contributed by atoms with van der Waals surface area (Å²) in [6.07, 6.45) is 3.06. The molecule has 27 heavy (non-hydrogen) atoms. The van der Waals surface area contributed by atoms with E-state index in [1.54, 1.807) is 14.2 Å². The van der Waals surface area contributed by atoms with Gasteiger partial charge >= 0.3 is 0 Å². The van der Waals surface area contributed by atoms with E-state index in [0.29, 0.717) is 0 Å². The number of benzene rings is 2. The average molecular weight is 369 g/mol. The molecule has 0 amide bonds. The molecule has 0 fully saturated rings. The third-order valence-electron chi connectivity index (χ3n) is 5.19. The second-order valence-electron chi connectivity index (χ2n) is 9.41. The highest BCUT2D eigenvalue weighted by atomic mass is 16.5. The summed E-state index contributed by atoms with van der Waals surface area (Å²) >= 11 is 0. The smallest absolute Gasteiger partial charge is 0.122 e. The van der Waals surface area contributed by atoms with Gasteiger partial charge in [0, 0.05) is 0 Å². The quantitative estimate of drug-likeness (QED) is 0.581. The molecule has 0 aliphatic rings. The summed E-state index contributed by atoms with van der Waals surface area (Å²) in [5, 5.41) is 0. The summed E-state index contributed by atoms with van der Waals surface area (Å²) < 4.78 is 11.2. The Hall–Kier alpha value is -1.96. The molecular formula is C25H36O2. The van der Waals surface area contributed by atoms with Gasteiger partial charge in [-0.1, -0.05) is 65.8 Å². The Morgan fingerprint density at radius 2 is 1.00 bits per heavy atom. The molecule has 2 aromatic rings. The maximum absolute atomic E-state index is 5.60. The first kappa shape index (κ1) is 21.3. The second kappa shape index (κ2) is 8.37. The van der Waals surface area contributed by atoms with Gasteiger partial charge in [-0.25, -0.2) is 0 Å². The molecule has 0 spiro atoms. The minimum absolute atomic E-state index is 0.144. The van der Waals surface area contributed by atoms with E-state index >= 15 is 0 Å². The molecule has 2 rings (SSSR count). The molecule has 0 aliphatic heterocycles. The minimum Gasteiger partial charge on any atom is -0.496 e. The Bertz CT molecular complexity index is 695. The van der Waals surface area contributed by atoms with Crippen LogP contribution in [0, 0.1) is 0 Å². The molecule has 148 valence electrons. The zero-order chi connectivity index (χ0) is 20.2. The molecule has 2 nitrogen and oxygen atoms in total. The third-order valence-corrected chi connectivity index (χ3v) is 5.19. The highest BCUT2D eigenvalue weighted by Crippen LogP contribution is 2.31. The van der Waals surface area contributed by atoms with Crippen LogP contribution in [0.5, 0.6) is 11.5 Å². The summed E-state index contributed by atoms with van der Waals surface area (Å²) in [4.78, 5) is 0. The van der Waals surface area contributed by atoms with Gasteiger partial charge in [-0.15, -0.1) is 0 Å². The molecule has 0 atom stereocenters. The fourth-order valence-electron chi connectivity index (χ4n) is 3.35. The van der Waals surface area contributed by atoms with Gasteiger partial charge < -0.3 is 9.47 Å². The van der Waals surface area contributed by atoms with Crippen LogP contribution in [-0.2, 0) is 23.7 Å². The van der Waals surface area contributed by atoms with Crippen LogP contribution in [0.3, 0.4) is 0 Å². The standard InChI is InChI=1S/C25H36O2/c1-24(2,3)20-12-14-22(26-7)18(16-20)10-9-11-19-17-21(25(4,5)6)13-15-23(19)27-8/h12-17H,9-11H2,1-8H3. The highest BCUT2D eigenvalue weighted by molar-refractivity contribution is 5.41. The summed E-state index contributed by atoms with van der Waals surface area (Å²) in [7, 11) is 3.51. The predicted molar refractivity (Wildman–Crippen MR) is 115 cm³/mol. The normalized spacial score (nSPS) is 12.1. The van der Waals surface area contributed by atoms with Gasteiger partial charge in [-0.3, -0.25) is 0 Å². The van der Waals surface area contributed by atoms with Crippen molar-refractivity contribution < 1.29 is 9.47 Å². The van der Waals surface area contributed by atoms with Crippen molar-refractivity contribution in [3.8, 4) is 11.5 Å². The van der Waals surface area contributed by atoms with Gasteiger partial charge in [-0.05, 0) is 64.5 Å². The van der Waals surface area contributed by atoms with E-state index in [0.717, 1.165) is 30.8 Å². The Kier molecular flexibility index (Phi) is 6.62. The van der Waals surface area contributed by atoms with Gasteiger partial charge in [0.25, 0.3) is 0 Å². The molecule has 0 unspecified atom stereocenters. The first-order valence-corrected chi connectivity index (χ1v) is 9.91. The monoisotopic (exact) mass is 368 g/mol. The number of aryl methyl sites for hydroxylation is 2. The van der Waals surface area contributed by atoms with E-state index in [4.69, 9.17) is 9.47 Å². The van der Waals surface area contributed by atoms with E-state index in [9.17, 15) is 0 Å². The van der Waals surface area contributed by atoms with Crippen molar-refractivity contribution in [3.05, 3.63) is 58.7 Å². The Labute approximate surface area is 165 Å². The van der Waals surface area contributed by atoms with Crippen molar-refractivity contribution in [2.24, 2.45) is 0 Å². The minimum atomic E-state index is 0.144. The van der Waals surface area contributed by atoms with Gasteiger partial charge in [0.2, 0.25) is 0 Å². The van der Waals surface area contributed by atoms with Gasteiger partial charge in [0.05, 0.1) is 14.2 Å². The number of ether oxygens (including phenoxy) is 2. The van der Waals surface area contributed by atoms with Crippen LogP contribution in [0.1, 0.15) is 70.2 Å². The summed E-state index contributed by atoms with van der Waals surface area (Å²) in [6, 6.07) is 13.2. The van der Waals surface area contributed by atoms with E-state index in [-0.39, 0.29) is 10.8 Å². The molecule has 2 heteroatoms. The molecule has 0 saturated heterocycles. The van der Waals surface area contributed by atoms with Crippen LogP contribution >= 0.6 is 0 Å². The maximum atomic E-state index is 5.60. The summed E-state index contributed by atoms with van der Waals surface area (Å²) in [6.45, 7) is 13.5. The molecule has 0 aliphatic carbocycles. The Morgan fingerprint density at radius 3 is 1.30 bits per heavy atom. The lowest BCUT2D eigenvalue weighted by Crippen LogP contribution is -2.12. The Balaban J connectivity index is 2.19. The molecule has 0 bridgehead atoms. The lowest BCUT2D eigenvalue weighted by Gasteiger charge is -2.22. The van der Waals surface area contributed by atoms with Gasteiger partial charge in [-0.2, -0.15) is 0 Å². The van der Waals surface area contributed by atoms with E-state index < -0.39 is 0 Å². The molecule has 0 saturated carbocycles. The number of hydrogen-bond acceptors (Lipinski definition) is 2. The summed E-state index contributed by atoms with van der Waals surface area (Å²) in [5.41, 5.74) is 5.57. The largest absolute Gasteiger partial charge is 0.496 e. The number of methoxy groups -OCH3 is 2. The van der Waals surface area contributed by atoms with Crippen LogP contribution < -0.4 is 9.47 Å². The van der Waals surface area contributed by atoms with E-state index in [1.807, 2.05) is 0 Å². The lowest BCUT2D eigenvalue weighted by atomic mass is 9.84. The predicted octanol–water partition coefficient (Wildman–Crippen LogP) is 6.47. The Morgan fingerprint density at radius 1 is 0.630 bits per heavy atom. The van der Waals surface area contributed by atoms with Gasteiger partial charge in [0.1, 0.15) is 11.5 Å². The van der Waals surface area contributed by atoms with Crippen molar-refractivity contribution >= 4 is 0 Å². The average Bonchev–Trinajstić information content (AvgIpc) is 2.60. The van der Waals surface area contributed by atoms with E-state index in [2.05, 4.69) is 77.9 Å². The first-order chi connectivity index (χ1) is 12.6. The molecule has 0 radical (unpaired) electrons. The molecule has 0 heterocycles. The highest BCUT2D eigenvalue weighted by Gasteiger charge is 2.17. The van der Waals surface area contributed by atoms with Crippen LogP contribution in [0.2, 0.25) is 0 Å². The van der Waals surface area contributed by atoms with Crippen molar-refractivity contribution in [1.29, 1.82) is 0 Å². The molecule has 0 N–H and O–H groups in total. The molecular weight excluding hydrogens is 332 g/mol. The van der Waals surface area contributed by atoms with Crippen LogP contribution in [0.25, 0.3) is 0 Å². The summed E-state index contributed by atoms with van der Waals surface area (Å²) in [5.74, 6) is 1.97. The van der Waals surface area contributed by atoms with Crippen molar-refractivity contribution in [2.45, 2.75) is 71.6 Å². The first-order valence-electron chi connectivity index (χ1n) is 9.91.